The molecule has 0 heterocycles. The average Bonchev–Trinajstić information content (AvgIpc) is 2.49. The Kier molecular flexibility index (Phi) is 4.63. The fraction of sp³-hybridized carbons (Fsp3) is 0.235. The van der Waals surface area contributed by atoms with Crippen molar-refractivity contribution in [1.29, 1.82) is 0 Å². The van der Waals surface area contributed by atoms with Crippen LogP contribution in [0.5, 0.6) is 0 Å². The lowest BCUT2D eigenvalue weighted by Crippen LogP contribution is -2.37. The Hall–Kier alpha value is -1.87. The molecule has 0 bridgehead atoms. The van der Waals surface area contributed by atoms with Crippen LogP contribution in [0.2, 0.25) is 5.02 Å². The number of carboxylic acid groups (broad SMARTS) is 1. The molecular weight excluding hydrogens is 291 g/mol. The van der Waals surface area contributed by atoms with E-state index < -0.39 is 17.2 Å². The van der Waals surface area contributed by atoms with Crippen LogP contribution in [0.4, 0.5) is 4.39 Å². The highest BCUT2D eigenvalue weighted by Crippen LogP contribution is 2.34. The fourth-order valence-electron chi connectivity index (χ4n) is 2.54. The molecule has 0 saturated carbocycles. The van der Waals surface area contributed by atoms with E-state index in [9.17, 15) is 14.3 Å². The highest BCUT2D eigenvalue weighted by Gasteiger charge is 2.39. The maximum atomic E-state index is 13.4. The van der Waals surface area contributed by atoms with Crippen molar-refractivity contribution in [2.24, 2.45) is 0 Å². The maximum Gasteiger partial charge on any atom is 0.314 e. The number of benzene rings is 2. The Balaban J connectivity index is 2.51. The lowest BCUT2D eigenvalue weighted by molar-refractivity contribution is -0.144. The van der Waals surface area contributed by atoms with Gasteiger partial charge in [-0.05, 0) is 42.2 Å². The molecule has 2 aromatic carbocycles. The molecule has 0 spiro atoms. The predicted molar refractivity (Wildman–Crippen MR) is 81.2 cm³/mol. The molecule has 0 radical (unpaired) electrons. The minimum absolute atomic E-state index is 0.152. The molecule has 110 valence electrons. The second-order valence-electron chi connectivity index (χ2n) is 5.02. The zero-order chi connectivity index (χ0) is 15.5. The van der Waals surface area contributed by atoms with Gasteiger partial charge in [0, 0.05) is 5.02 Å². The van der Waals surface area contributed by atoms with E-state index in [0.717, 1.165) is 0 Å². The van der Waals surface area contributed by atoms with Gasteiger partial charge in [-0.2, -0.15) is 0 Å². The number of aliphatic carboxylic acids is 1. The van der Waals surface area contributed by atoms with Gasteiger partial charge >= 0.3 is 5.97 Å². The minimum atomic E-state index is -1.11. The van der Waals surface area contributed by atoms with Crippen molar-refractivity contribution in [2.75, 3.05) is 0 Å². The lowest BCUT2D eigenvalue weighted by Gasteiger charge is -2.29. The highest BCUT2D eigenvalue weighted by atomic mass is 35.5. The van der Waals surface area contributed by atoms with E-state index >= 15 is 0 Å². The highest BCUT2D eigenvalue weighted by molar-refractivity contribution is 6.31. The number of halogens is 2. The van der Waals surface area contributed by atoms with Crippen LogP contribution in [-0.4, -0.2) is 11.1 Å². The van der Waals surface area contributed by atoms with E-state index in [1.807, 2.05) is 13.0 Å². The monoisotopic (exact) mass is 306 g/mol. The average molecular weight is 307 g/mol. The standard InChI is InChI=1S/C17H16ClFO2/c1-2-17(16(20)21,13-6-4-3-5-7-13)11-12-10-14(19)8-9-15(12)18/h3-10H,2,11H2,1H3,(H,20,21). The largest absolute Gasteiger partial charge is 0.481 e. The van der Waals surface area contributed by atoms with Gasteiger partial charge in [0.15, 0.2) is 0 Å². The SMILES string of the molecule is CCC(Cc1cc(F)ccc1Cl)(C(=O)O)c1ccccc1. The van der Waals surface area contributed by atoms with Crippen LogP contribution in [-0.2, 0) is 16.6 Å². The molecule has 21 heavy (non-hydrogen) atoms. The molecule has 1 atom stereocenters. The molecule has 0 saturated heterocycles. The van der Waals surface area contributed by atoms with Crippen molar-refractivity contribution in [2.45, 2.75) is 25.2 Å². The lowest BCUT2D eigenvalue weighted by atomic mass is 9.73. The quantitative estimate of drug-likeness (QED) is 0.886. The van der Waals surface area contributed by atoms with Gasteiger partial charge in [0.25, 0.3) is 0 Å². The van der Waals surface area contributed by atoms with E-state index in [4.69, 9.17) is 11.6 Å². The summed E-state index contributed by atoms with van der Waals surface area (Å²) in [5.41, 5.74) is 0.0868. The van der Waals surface area contributed by atoms with Crippen molar-refractivity contribution in [3.05, 3.63) is 70.5 Å². The second-order valence-corrected chi connectivity index (χ2v) is 5.43. The zero-order valence-corrected chi connectivity index (χ0v) is 12.4. The summed E-state index contributed by atoms with van der Waals surface area (Å²) in [5.74, 6) is -1.35. The van der Waals surface area contributed by atoms with Crippen LogP contribution >= 0.6 is 11.6 Å². The Morgan fingerprint density at radius 3 is 2.48 bits per heavy atom. The first kappa shape index (κ1) is 15.5. The summed E-state index contributed by atoms with van der Waals surface area (Å²) >= 11 is 6.09. The van der Waals surface area contributed by atoms with E-state index in [0.29, 0.717) is 22.6 Å². The van der Waals surface area contributed by atoms with Crippen LogP contribution in [0.1, 0.15) is 24.5 Å². The summed E-state index contributed by atoms with van der Waals surface area (Å²) in [6, 6.07) is 13.0. The van der Waals surface area contributed by atoms with E-state index in [1.165, 1.54) is 18.2 Å². The molecule has 1 unspecified atom stereocenters. The van der Waals surface area contributed by atoms with Gasteiger partial charge in [0.05, 0.1) is 5.41 Å². The Labute approximate surface area is 128 Å². The third-order valence-electron chi connectivity index (χ3n) is 3.84. The van der Waals surface area contributed by atoms with Gasteiger partial charge in [0.1, 0.15) is 5.82 Å². The Morgan fingerprint density at radius 1 is 1.24 bits per heavy atom. The van der Waals surface area contributed by atoms with Crippen molar-refractivity contribution in [1.82, 2.24) is 0 Å². The molecule has 0 fully saturated rings. The summed E-state index contributed by atoms with van der Waals surface area (Å²) < 4.78 is 13.4. The van der Waals surface area contributed by atoms with Crippen molar-refractivity contribution in [3.8, 4) is 0 Å². The predicted octanol–water partition coefficient (Wildman–Crippen LogP) is 4.45. The number of rotatable bonds is 5. The summed E-state index contributed by atoms with van der Waals surface area (Å²) in [4.78, 5) is 11.9. The molecule has 0 aromatic heterocycles. The Morgan fingerprint density at radius 2 is 1.90 bits per heavy atom. The molecule has 1 N–H and O–H groups in total. The summed E-state index contributed by atoms with van der Waals surface area (Å²) in [6.45, 7) is 1.81. The number of carboxylic acids is 1. The third kappa shape index (κ3) is 3.08. The van der Waals surface area contributed by atoms with Gasteiger partial charge in [-0.3, -0.25) is 4.79 Å². The number of carbonyl (C=O) groups is 1. The van der Waals surface area contributed by atoms with Gasteiger partial charge < -0.3 is 5.11 Å². The number of hydrogen-bond donors (Lipinski definition) is 1. The zero-order valence-electron chi connectivity index (χ0n) is 11.6. The summed E-state index contributed by atoms with van der Waals surface area (Å²) in [7, 11) is 0. The summed E-state index contributed by atoms with van der Waals surface area (Å²) in [5, 5.41) is 10.1. The molecule has 0 aliphatic heterocycles. The van der Waals surface area contributed by atoms with Crippen LogP contribution < -0.4 is 0 Å². The first-order valence-corrected chi connectivity index (χ1v) is 7.10. The van der Waals surface area contributed by atoms with E-state index in [2.05, 4.69) is 0 Å². The molecule has 0 aliphatic carbocycles. The normalized spacial score (nSPS) is 13.7. The minimum Gasteiger partial charge on any atom is -0.481 e. The molecule has 2 rings (SSSR count). The van der Waals surface area contributed by atoms with Crippen molar-refractivity contribution < 1.29 is 14.3 Å². The molecule has 0 amide bonds. The molecule has 4 heteroatoms. The first-order valence-electron chi connectivity index (χ1n) is 6.72. The molecule has 2 aromatic rings. The topological polar surface area (TPSA) is 37.3 Å². The Bertz CT molecular complexity index is 642. The first-order chi connectivity index (χ1) is 9.99. The van der Waals surface area contributed by atoms with Crippen LogP contribution in [0, 0.1) is 5.82 Å². The van der Waals surface area contributed by atoms with Crippen LogP contribution in [0.25, 0.3) is 0 Å². The maximum absolute atomic E-state index is 13.4. The molecular formula is C17H16ClFO2. The second kappa shape index (κ2) is 6.27. The number of hydrogen-bond acceptors (Lipinski definition) is 1. The van der Waals surface area contributed by atoms with Crippen LogP contribution in [0.3, 0.4) is 0 Å². The molecule has 2 nitrogen and oxygen atoms in total. The van der Waals surface area contributed by atoms with Crippen LogP contribution in [0.15, 0.2) is 48.5 Å². The van der Waals surface area contributed by atoms with Crippen molar-refractivity contribution >= 4 is 17.6 Å². The van der Waals surface area contributed by atoms with Gasteiger partial charge in [-0.15, -0.1) is 0 Å². The summed E-state index contributed by atoms with van der Waals surface area (Å²) in [6.07, 6.45) is 0.540. The van der Waals surface area contributed by atoms with Crippen molar-refractivity contribution in [3.63, 3.8) is 0 Å². The molecule has 0 aliphatic rings. The fourth-order valence-corrected chi connectivity index (χ4v) is 2.73. The smallest absolute Gasteiger partial charge is 0.314 e. The van der Waals surface area contributed by atoms with E-state index in [-0.39, 0.29) is 6.42 Å². The van der Waals surface area contributed by atoms with E-state index in [1.54, 1.807) is 24.3 Å². The van der Waals surface area contributed by atoms with Gasteiger partial charge in [-0.25, -0.2) is 4.39 Å². The van der Waals surface area contributed by atoms with Gasteiger partial charge in [0.2, 0.25) is 0 Å². The third-order valence-corrected chi connectivity index (χ3v) is 4.21. The van der Waals surface area contributed by atoms with Gasteiger partial charge in [-0.1, -0.05) is 48.9 Å².